The summed E-state index contributed by atoms with van der Waals surface area (Å²) in [5.41, 5.74) is 3.55. The minimum absolute atomic E-state index is 0.0215. The van der Waals surface area contributed by atoms with E-state index in [1.165, 1.54) is 0 Å². The summed E-state index contributed by atoms with van der Waals surface area (Å²) in [6, 6.07) is 11.1. The van der Waals surface area contributed by atoms with Crippen LogP contribution in [0.1, 0.15) is 23.1 Å². The fraction of sp³-hybridized carbons (Fsp3) is 0.300. The Bertz CT molecular complexity index is 826. The highest BCUT2D eigenvalue weighted by Crippen LogP contribution is 2.29. The van der Waals surface area contributed by atoms with Crippen LogP contribution >= 0.6 is 23.2 Å². The van der Waals surface area contributed by atoms with Crippen molar-refractivity contribution >= 4 is 40.7 Å². The number of halogens is 2. The van der Waals surface area contributed by atoms with Crippen LogP contribution in [0, 0.1) is 19.8 Å². The standard InChI is InChI=1S/C20H20Cl2N2O2/c1-12-7-13(2)19(17(22)8-12)23-20(26)15-9-18(25)24(11-15)10-14-3-5-16(21)6-4-14/h3-8,15H,9-11H2,1-2H3,(H,23,26). The third-order valence-electron chi connectivity index (χ3n) is 4.55. The highest BCUT2D eigenvalue weighted by atomic mass is 35.5. The Kier molecular flexibility index (Phi) is 5.54. The van der Waals surface area contributed by atoms with Gasteiger partial charge in [0.15, 0.2) is 0 Å². The number of aryl methyl sites for hydroxylation is 2. The first-order valence-corrected chi connectivity index (χ1v) is 9.19. The molecular formula is C20H20Cl2N2O2. The van der Waals surface area contributed by atoms with Crippen LogP contribution in [-0.4, -0.2) is 23.3 Å². The molecule has 1 unspecified atom stereocenters. The molecule has 0 aromatic heterocycles. The Labute approximate surface area is 163 Å². The number of carbonyl (C=O) groups excluding carboxylic acids is 2. The average molecular weight is 391 g/mol. The maximum Gasteiger partial charge on any atom is 0.229 e. The molecule has 26 heavy (non-hydrogen) atoms. The van der Waals surface area contributed by atoms with Gasteiger partial charge in [-0.1, -0.05) is 41.4 Å². The minimum Gasteiger partial charge on any atom is -0.338 e. The van der Waals surface area contributed by atoms with Gasteiger partial charge in [0.1, 0.15) is 0 Å². The average Bonchev–Trinajstić information content (AvgIpc) is 2.94. The van der Waals surface area contributed by atoms with E-state index in [-0.39, 0.29) is 24.2 Å². The van der Waals surface area contributed by atoms with Gasteiger partial charge in [-0.25, -0.2) is 0 Å². The van der Waals surface area contributed by atoms with E-state index in [1.807, 2.05) is 38.1 Å². The van der Waals surface area contributed by atoms with Gasteiger partial charge < -0.3 is 10.2 Å². The molecule has 0 radical (unpaired) electrons. The number of hydrogen-bond donors (Lipinski definition) is 1. The van der Waals surface area contributed by atoms with Crippen molar-refractivity contribution in [2.24, 2.45) is 5.92 Å². The monoisotopic (exact) mass is 390 g/mol. The second-order valence-corrected chi connectivity index (χ2v) is 7.57. The first kappa shape index (κ1) is 18.7. The molecule has 0 bridgehead atoms. The summed E-state index contributed by atoms with van der Waals surface area (Å²) in [6.45, 7) is 4.73. The topological polar surface area (TPSA) is 49.4 Å². The molecule has 1 N–H and O–H groups in total. The van der Waals surface area contributed by atoms with E-state index in [1.54, 1.807) is 17.0 Å². The van der Waals surface area contributed by atoms with Crippen LogP contribution in [0.4, 0.5) is 5.69 Å². The number of anilines is 1. The fourth-order valence-electron chi connectivity index (χ4n) is 3.21. The molecule has 2 aromatic carbocycles. The molecular weight excluding hydrogens is 371 g/mol. The highest BCUT2D eigenvalue weighted by Gasteiger charge is 2.34. The summed E-state index contributed by atoms with van der Waals surface area (Å²) in [5, 5.41) is 4.06. The number of benzene rings is 2. The SMILES string of the molecule is Cc1cc(C)c(NC(=O)C2CC(=O)N(Cc3ccc(Cl)cc3)C2)c(Cl)c1. The molecule has 0 spiro atoms. The van der Waals surface area contributed by atoms with Crippen LogP contribution in [0.15, 0.2) is 36.4 Å². The Morgan fingerprint density at radius 1 is 1.19 bits per heavy atom. The smallest absolute Gasteiger partial charge is 0.229 e. The van der Waals surface area contributed by atoms with E-state index in [4.69, 9.17) is 23.2 Å². The molecule has 6 heteroatoms. The molecule has 1 aliphatic heterocycles. The molecule has 1 heterocycles. The molecule has 4 nitrogen and oxygen atoms in total. The Balaban J connectivity index is 1.66. The number of nitrogens with zero attached hydrogens (tertiary/aromatic N) is 1. The van der Waals surface area contributed by atoms with Crippen molar-refractivity contribution in [2.45, 2.75) is 26.8 Å². The first-order chi connectivity index (χ1) is 12.3. The van der Waals surface area contributed by atoms with Crippen LogP contribution in [-0.2, 0) is 16.1 Å². The van der Waals surface area contributed by atoms with Crippen LogP contribution in [0.25, 0.3) is 0 Å². The quantitative estimate of drug-likeness (QED) is 0.828. The van der Waals surface area contributed by atoms with Crippen molar-refractivity contribution in [3.05, 3.63) is 63.1 Å². The van der Waals surface area contributed by atoms with Crippen LogP contribution in [0.5, 0.6) is 0 Å². The molecule has 0 aliphatic carbocycles. The van der Waals surface area contributed by atoms with Gasteiger partial charge in [-0.05, 0) is 48.7 Å². The van der Waals surface area contributed by atoms with Gasteiger partial charge >= 0.3 is 0 Å². The lowest BCUT2D eigenvalue weighted by molar-refractivity contribution is -0.128. The van der Waals surface area contributed by atoms with Gasteiger partial charge in [-0.2, -0.15) is 0 Å². The molecule has 2 aromatic rings. The van der Waals surface area contributed by atoms with Gasteiger partial charge in [0.25, 0.3) is 0 Å². The lowest BCUT2D eigenvalue weighted by Gasteiger charge is -2.17. The fourth-order valence-corrected chi connectivity index (χ4v) is 3.70. The van der Waals surface area contributed by atoms with Crippen LogP contribution in [0.3, 0.4) is 0 Å². The van der Waals surface area contributed by atoms with Gasteiger partial charge in [0.05, 0.1) is 16.6 Å². The summed E-state index contributed by atoms with van der Waals surface area (Å²) in [6.07, 6.45) is 0.210. The molecule has 2 amide bonds. The number of amides is 2. The zero-order chi connectivity index (χ0) is 18.8. The summed E-state index contributed by atoms with van der Waals surface area (Å²) in [7, 11) is 0. The lowest BCUT2D eigenvalue weighted by Crippen LogP contribution is -2.28. The highest BCUT2D eigenvalue weighted by molar-refractivity contribution is 6.34. The number of likely N-dealkylation sites (tertiary alicyclic amines) is 1. The van der Waals surface area contributed by atoms with Crippen LogP contribution < -0.4 is 5.32 Å². The molecule has 136 valence electrons. The predicted octanol–water partition coefficient (Wildman–Crippen LogP) is 4.60. The first-order valence-electron chi connectivity index (χ1n) is 8.43. The maximum atomic E-state index is 12.6. The Morgan fingerprint density at radius 2 is 1.88 bits per heavy atom. The zero-order valence-electron chi connectivity index (χ0n) is 14.7. The molecule has 3 rings (SSSR count). The van der Waals surface area contributed by atoms with Crippen LogP contribution in [0.2, 0.25) is 10.0 Å². The van der Waals surface area contributed by atoms with Crippen molar-refractivity contribution in [3.63, 3.8) is 0 Å². The summed E-state index contributed by atoms with van der Waals surface area (Å²) in [5.74, 6) is -0.579. The Hall–Kier alpha value is -2.04. The molecule has 0 saturated carbocycles. The zero-order valence-corrected chi connectivity index (χ0v) is 16.2. The molecule has 1 fully saturated rings. The van der Waals surface area contributed by atoms with Crippen molar-refractivity contribution < 1.29 is 9.59 Å². The maximum absolute atomic E-state index is 12.6. The van der Waals surface area contributed by atoms with E-state index in [0.717, 1.165) is 16.7 Å². The van der Waals surface area contributed by atoms with Crippen molar-refractivity contribution in [3.8, 4) is 0 Å². The summed E-state index contributed by atoms with van der Waals surface area (Å²) >= 11 is 12.1. The largest absolute Gasteiger partial charge is 0.338 e. The minimum atomic E-state index is -0.383. The molecule has 1 saturated heterocycles. The van der Waals surface area contributed by atoms with Gasteiger partial charge in [0, 0.05) is 24.5 Å². The van der Waals surface area contributed by atoms with Crippen molar-refractivity contribution in [2.75, 3.05) is 11.9 Å². The number of hydrogen-bond acceptors (Lipinski definition) is 2. The van der Waals surface area contributed by atoms with E-state index in [2.05, 4.69) is 5.32 Å². The third kappa shape index (κ3) is 4.19. The van der Waals surface area contributed by atoms with Crippen molar-refractivity contribution in [1.29, 1.82) is 0 Å². The lowest BCUT2D eigenvalue weighted by atomic mass is 10.1. The second kappa shape index (κ2) is 7.68. The number of nitrogens with one attached hydrogen (secondary N) is 1. The molecule has 1 atom stereocenters. The third-order valence-corrected chi connectivity index (χ3v) is 5.10. The van der Waals surface area contributed by atoms with E-state index in [9.17, 15) is 9.59 Å². The summed E-state index contributed by atoms with van der Waals surface area (Å²) in [4.78, 5) is 26.6. The number of carbonyl (C=O) groups is 2. The summed E-state index contributed by atoms with van der Waals surface area (Å²) < 4.78 is 0. The van der Waals surface area contributed by atoms with Gasteiger partial charge in [-0.3, -0.25) is 9.59 Å². The second-order valence-electron chi connectivity index (χ2n) is 6.73. The number of rotatable bonds is 4. The predicted molar refractivity (Wildman–Crippen MR) is 105 cm³/mol. The van der Waals surface area contributed by atoms with E-state index >= 15 is 0 Å². The normalized spacial score (nSPS) is 16.8. The van der Waals surface area contributed by atoms with E-state index in [0.29, 0.717) is 28.8 Å². The van der Waals surface area contributed by atoms with Gasteiger partial charge in [-0.15, -0.1) is 0 Å². The molecule has 1 aliphatic rings. The van der Waals surface area contributed by atoms with Crippen molar-refractivity contribution in [1.82, 2.24) is 4.90 Å². The van der Waals surface area contributed by atoms with Gasteiger partial charge in [0.2, 0.25) is 11.8 Å². The van der Waals surface area contributed by atoms with E-state index < -0.39 is 0 Å². The Morgan fingerprint density at radius 3 is 2.54 bits per heavy atom.